The lowest BCUT2D eigenvalue weighted by Crippen LogP contribution is -2.39. The van der Waals surface area contributed by atoms with E-state index in [0.29, 0.717) is 19.2 Å². The zero-order valence-electron chi connectivity index (χ0n) is 10.6. The standard InChI is InChI=1S/C12H16F2N2O2S/c1-8-3-2-4-16(7-8)19(17,18)12-6-11(15)9(13)5-10(12)14/h5-6,8H,2-4,7,15H2,1H3. The summed E-state index contributed by atoms with van der Waals surface area (Å²) in [5.41, 5.74) is 4.95. The van der Waals surface area contributed by atoms with Crippen LogP contribution in [0.25, 0.3) is 0 Å². The van der Waals surface area contributed by atoms with E-state index in [1.165, 1.54) is 4.31 Å². The van der Waals surface area contributed by atoms with Crippen molar-refractivity contribution >= 4 is 15.7 Å². The van der Waals surface area contributed by atoms with E-state index in [4.69, 9.17) is 5.73 Å². The molecule has 1 aromatic rings. The van der Waals surface area contributed by atoms with Gasteiger partial charge in [-0.15, -0.1) is 0 Å². The van der Waals surface area contributed by atoms with E-state index in [1.807, 2.05) is 6.92 Å². The summed E-state index contributed by atoms with van der Waals surface area (Å²) < 4.78 is 52.6. The molecule has 0 aromatic heterocycles. The Labute approximate surface area is 111 Å². The molecule has 0 bridgehead atoms. The fourth-order valence-corrected chi connectivity index (χ4v) is 3.93. The molecule has 1 heterocycles. The van der Waals surface area contributed by atoms with E-state index in [9.17, 15) is 17.2 Å². The van der Waals surface area contributed by atoms with E-state index >= 15 is 0 Å². The molecule has 2 rings (SSSR count). The molecule has 1 aliphatic heterocycles. The molecule has 19 heavy (non-hydrogen) atoms. The van der Waals surface area contributed by atoms with Gasteiger partial charge in [-0.25, -0.2) is 17.2 Å². The molecule has 1 fully saturated rings. The summed E-state index contributed by atoms with van der Waals surface area (Å²) in [7, 11) is -3.95. The Hall–Kier alpha value is -1.21. The van der Waals surface area contributed by atoms with Crippen molar-refractivity contribution in [2.45, 2.75) is 24.7 Å². The summed E-state index contributed by atoms with van der Waals surface area (Å²) in [5.74, 6) is -1.84. The number of nitrogens with zero attached hydrogens (tertiary/aromatic N) is 1. The Morgan fingerprint density at radius 3 is 2.63 bits per heavy atom. The minimum absolute atomic E-state index is 0.226. The molecule has 4 nitrogen and oxygen atoms in total. The van der Waals surface area contributed by atoms with Crippen molar-refractivity contribution in [3.05, 3.63) is 23.8 Å². The van der Waals surface area contributed by atoms with Crippen molar-refractivity contribution in [1.82, 2.24) is 4.31 Å². The van der Waals surface area contributed by atoms with Gasteiger partial charge in [-0.05, 0) is 24.8 Å². The Morgan fingerprint density at radius 2 is 2.00 bits per heavy atom. The van der Waals surface area contributed by atoms with E-state index in [2.05, 4.69) is 0 Å². The monoisotopic (exact) mass is 290 g/mol. The number of nitrogen functional groups attached to an aromatic ring is 1. The van der Waals surface area contributed by atoms with Crippen LogP contribution < -0.4 is 5.73 Å². The van der Waals surface area contributed by atoms with Gasteiger partial charge in [-0.1, -0.05) is 6.92 Å². The zero-order valence-corrected chi connectivity index (χ0v) is 11.4. The van der Waals surface area contributed by atoms with Crippen molar-refractivity contribution in [3.63, 3.8) is 0 Å². The summed E-state index contributed by atoms with van der Waals surface area (Å²) in [6, 6.07) is 1.36. The van der Waals surface area contributed by atoms with Crippen LogP contribution in [0.1, 0.15) is 19.8 Å². The van der Waals surface area contributed by atoms with Gasteiger partial charge in [0.1, 0.15) is 16.5 Å². The third-order valence-corrected chi connectivity index (χ3v) is 5.17. The highest BCUT2D eigenvalue weighted by Gasteiger charge is 2.31. The Bertz CT molecular complexity index is 590. The third-order valence-electron chi connectivity index (χ3n) is 3.29. The van der Waals surface area contributed by atoms with Gasteiger partial charge in [-0.2, -0.15) is 4.31 Å². The summed E-state index contributed by atoms with van der Waals surface area (Å²) in [6.45, 7) is 2.64. The molecule has 0 amide bonds. The Morgan fingerprint density at radius 1 is 1.32 bits per heavy atom. The molecule has 0 radical (unpaired) electrons. The highest BCUT2D eigenvalue weighted by molar-refractivity contribution is 7.89. The predicted molar refractivity (Wildman–Crippen MR) is 67.9 cm³/mol. The van der Waals surface area contributed by atoms with Crippen LogP contribution in [-0.2, 0) is 10.0 Å². The van der Waals surface area contributed by atoms with Gasteiger partial charge in [-0.3, -0.25) is 0 Å². The Balaban J connectivity index is 2.42. The van der Waals surface area contributed by atoms with E-state index < -0.39 is 26.6 Å². The van der Waals surface area contributed by atoms with Crippen LogP contribution in [0.2, 0.25) is 0 Å². The smallest absolute Gasteiger partial charge is 0.246 e. The first-order valence-corrected chi connectivity index (χ1v) is 7.51. The minimum atomic E-state index is -3.95. The molecule has 7 heteroatoms. The van der Waals surface area contributed by atoms with Crippen LogP contribution in [-0.4, -0.2) is 25.8 Å². The molecule has 1 aromatic carbocycles. The van der Waals surface area contributed by atoms with Crippen LogP contribution in [0.3, 0.4) is 0 Å². The molecule has 1 aliphatic rings. The topological polar surface area (TPSA) is 63.4 Å². The quantitative estimate of drug-likeness (QED) is 0.847. The number of sulfonamides is 1. The van der Waals surface area contributed by atoms with E-state index in [1.54, 1.807) is 0 Å². The van der Waals surface area contributed by atoms with Gasteiger partial charge < -0.3 is 5.73 Å². The van der Waals surface area contributed by atoms with Crippen LogP contribution >= 0.6 is 0 Å². The molecular weight excluding hydrogens is 274 g/mol. The number of hydrogen-bond donors (Lipinski definition) is 1. The first-order chi connectivity index (χ1) is 8.82. The molecule has 0 aliphatic carbocycles. The lowest BCUT2D eigenvalue weighted by molar-refractivity contribution is 0.280. The molecule has 106 valence electrons. The van der Waals surface area contributed by atoms with Gasteiger partial charge >= 0.3 is 0 Å². The highest BCUT2D eigenvalue weighted by Crippen LogP contribution is 2.27. The SMILES string of the molecule is CC1CCCN(S(=O)(=O)c2cc(N)c(F)cc2F)C1. The number of hydrogen-bond acceptors (Lipinski definition) is 3. The molecule has 1 atom stereocenters. The number of piperidine rings is 1. The number of nitrogens with two attached hydrogens (primary N) is 1. The summed E-state index contributed by atoms with van der Waals surface area (Å²) in [6.07, 6.45) is 1.68. The average molecular weight is 290 g/mol. The summed E-state index contributed by atoms with van der Waals surface area (Å²) in [5, 5.41) is 0. The van der Waals surface area contributed by atoms with Crippen molar-refractivity contribution in [1.29, 1.82) is 0 Å². The lowest BCUT2D eigenvalue weighted by atomic mass is 10.0. The second-order valence-corrected chi connectivity index (χ2v) is 6.82. The van der Waals surface area contributed by atoms with Gasteiger partial charge in [0.15, 0.2) is 0 Å². The molecular formula is C12H16F2N2O2S. The largest absolute Gasteiger partial charge is 0.396 e. The van der Waals surface area contributed by atoms with Crippen molar-refractivity contribution in [3.8, 4) is 0 Å². The third kappa shape index (κ3) is 2.71. The molecule has 0 spiro atoms. The average Bonchev–Trinajstić information content (AvgIpc) is 2.33. The summed E-state index contributed by atoms with van der Waals surface area (Å²) >= 11 is 0. The molecule has 2 N–H and O–H groups in total. The van der Waals surface area contributed by atoms with Gasteiger partial charge in [0.25, 0.3) is 0 Å². The number of anilines is 1. The van der Waals surface area contributed by atoms with Crippen molar-refractivity contribution in [2.75, 3.05) is 18.8 Å². The second-order valence-electron chi connectivity index (χ2n) is 4.91. The van der Waals surface area contributed by atoms with Crippen molar-refractivity contribution < 1.29 is 17.2 Å². The molecule has 1 unspecified atom stereocenters. The maximum Gasteiger partial charge on any atom is 0.246 e. The normalized spacial score (nSPS) is 21.5. The number of halogens is 2. The second kappa shape index (κ2) is 5.05. The number of rotatable bonds is 2. The van der Waals surface area contributed by atoms with Gasteiger partial charge in [0.05, 0.1) is 5.69 Å². The lowest BCUT2D eigenvalue weighted by Gasteiger charge is -2.30. The maximum absolute atomic E-state index is 13.7. The first-order valence-electron chi connectivity index (χ1n) is 6.07. The van der Waals surface area contributed by atoms with Crippen LogP contribution in [0.15, 0.2) is 17.0 Å². The van der Waals surface area contributed by atoms with E-state index in [0.717, 1.165) is 18.9 Å². The fraction of sp³-hybridized carbons (Fsp3) is 0.500. The van der Waals surface area contributed by atoms with Crippen LogP contribution in [0.5, 0.6) is 0 Å². The van der Waals surface area contributed by atoms with Crippen molar-refractivity contribution in [2.24, 2.45) is 5.92 Å². The van der Waals surface area contributed by atoms with Crippen LogP contribution in [0.4, 0.5) is 14.5 Å². The maximum atomic E-state index is 13.7. The van der Waals surface area contributed by atoms with Crippen LogP contribution in [0, 0.1) is 17.6 Å². The predicted octanol–water partition coefficient (Wildman–Crippen LogP) is 1.97. The summed E-state index contributed by atoms with van der Waals surface area (Å²) in [4.78, 5) is -0.555. The Kier molecular flexibility index (Phi) is 3.78. The fourth-order valence-electron chi connectivity index (χ4n) is 2.25. The van der Waals surface area contributed by atoms with Gasteiger partial charge in [0, 0.05) is 19.2 Å². The minimum Gasteiger partial charge on any atom is -0.396 e. The molecule has 0 saturated carbocycles. The highest BCUT2D eigenvalue weighted by atomic mass is 32.2. The van der Waals surface area contributed by atoms with Gasteiger partial charge in [0.2, 0.25) is 10.0 Å². The zero-order chi connectivity index (χ0) is 14.2. The molecule has 1 saturated heterocycles. The van der Waals surface area contributed by atoms with E-state index in [-0.39, 0.29) is 11.6 Å². The number of benzene rings is 1. The first kappa shape index (κ1) is 14.2.